The maximum Gasteiger partial charge on any atom is 0.240 e. The first-order valence-corrected chi connectivity index (χ1v) is 8.36. The van der Waals surface area contributed by atoms with E-state index in [1.807, 2.05) is 36.1 Å². The number of hydrogen-bond acceptors (Lipinski definition) is 5. The first kappa shape index (κ1) is 15.1. The van der Waals surface area contributed by atoms with Gasteiger partial charge in [0.25, 0.3) is 0 Å². The third-order valence-electron chi connectivity index (χ3n) is 4.53. The smallest absolute Gasteiger partial charge is 0.240 e. The molecule has 6 nitrogen and oxygen atoms in total. The first-order valence-electron chi connectivity index (χ1n) is 8.36. The van der Waals surface area contributed by atoms with Crippen molar-refractivity contribution in [2.75, 3.05) is 6.54 Å². The van der Waals surface area contributed by atoms with Gasteiger partial charge in [-0.05, 0) is 24.9 Å². The lowest BCUT2D eigenvalue weighted by Crippen LogP contribution is -2.22. The fraction of sp³-hybridized carbons (Fsp3) is 0.389. The molecule has 1 aromatic carbocycles. The second-order valence-corrected chi connectivity index (χ2v) is 6.34. The Bertz CT molecular complexity index is 795. The van der Waals surface area contributed by atoms with E-state index in [0.717, 1.165) is 18.8 Å². The van der Waals surface area contributed by atoms with Crippen LogP contribution in [0.5, 0.6) is 0 Å². The summed E-state index contributed by atoms with van der Waals surface area (Å²) >= 11 is 0. The molecule has 1 fully saturated rings. The molecule has 0 spiro atoms. The van der Waals surface area contributed by atoms with Gasteiger partial charge < -0.3 is 4.52 Å². The summed E-state index contributed by atoms with van der Waals surface area (Å²) in [6.45, 7) is 1.75. The van der Waals surface area contributed by atoms with Crippen molar-refractivity contribution in [2.45, 2.75) is 31.8 Å². The number of nitrogens with zero attached hydrogens (tertiary/aromatic N) is 5. The van der Waals surface area contributed by atoms with Crippen molar-refractivity contribution in [2.24, 2.45) is 7.05 Å². The van der Waals surface area contributed by atoms with E-state index >= 15 is 0 Å². The van der Waals surface area contributed by atoms with Crippen LogP contribution in [-0.2, 0) is 20.0 Å². The highest BCUT2D eigenvalue weighted by Gasteiger charge is 2.28. The fourth-order valence-corrected chi connectivity index (χ4v) is 3.38. The third-order valence-corrected chi connectivity index (χ3v) is 4.53. The summed E-state index contributed by atoms with van der Waals surface area (Å²) in [7, 11) is 1.96. The zero-order chi connectivity index (χ0) is 16.4. The molecular formula is C18H21N5O. The molecule has 6 heteroatoms. The quantitative estimate of drug-likeness (QED) is 0.722. The molecule has 0 bridgehead atoms. The standard InChI is InChI=1S/C18H21N5O/c1-22-12-15(11-19-22)16-8-5-9-23(16)13-18-20-17(21-24-18)10-14-6-3-2-4-7-14/h2-4,6-7,11-12,16H,5,8-10,13H2,1H3. The van der Waals surface area contributed by atoms with Gasteiger partial charge in [-0.3, -0.25) is 9.58 Å². The predicted molar refractivity (Wildman–Crippen MR) is 89.1 cm³/mol. The van der Waals surface area contributed by atoms with Crippen molar-refractivity contribution in [1.29, 1.82) is 0 Å². The lowest BCUT2D eigenvalue weighted by Gasteiger charge is -2.21. The molecule has 1 unspecified atom stereocenters. The molecule has 1 aliphatic rings. The molecule has 0 amide bonds. The van der Waals surface area contributed by atoms with Crippen molar-refractivity contribution < 1.29 is 4.52 Å². The lowest BCUT2D eigenvalue weighted by molar-refractivity contribution is 0.212. The second-order valence-electron chi connectivity index (χ2n) is 6.34. The van der Waals surface area contributed by atoms with Gasteiger partial charge >= 0.3 is 0 Å². The Kier molecular flexibility index (Phi) is 4.13. The minimum absolute atomic E-state index is 0.392. The molecule has 2 aromatic heterocycles. The predicted octanol–water partition coefficient (Wildman–Crippen LogP) is 2.73. The monoisotopic (exact) mass is 323 g/mol. The molecule has 1 aliphatic heterocycles. The summed E-state index contributed by atoms with van der Waals surface area (Å²) in [5, 5.41) is 8.42. The molecule has 0 N–H and O–H groups in total. The van der Waals surface area contributed by atoms with Gasteiger partial charge in [-0.15, -0.1) is 0 Å². The number of aromatic nitrogens is 4. The van der Waals surface area contributed by atoms with E-state index in [0.29, 0.717) is 24.9 Å². The Balaban J connectivity index is 1.43. The average molecular weight is 323 g/mol. The zero-order valence-electron chi connectivity index (χ0n) is 13.8. The summed E-state index contributed by atoms with van der Waals surface area (Å²) in [5.41, 5.74) is 2.46. The number of aryl methyl sites for hydroxylation is 1. The van der Waals surface area contributed by atoms with Gasteiger partial charge in [-0.1, -0.05) is 35.5 Å². The van der Waals surface area contributed by atoms with Gasteiger partial charge in [0.2, 0.25) is 5.89 Å². The van der Waals surface area contributed by atoms with Crippen LogP contribution in [0.3, 0.4) is 0 Å². The number of rotatable bonds is 5. The minimum atomic E-state index is 0.392. The Morgan fingerprint density at radius 3 is 2.92 bits per heavy atom. The topological polar surface area (TPSA) is 60.0 Å². The number of hydrogen-bond donors (Lipinski definition) is 0. The molecule has 24 heavy (non-hydrogen) atoms. The molecule has 0 radical (unpaired) electrons. The van der Waals surface area contributed by atoms with Crippen LogP contribution in [0.15, 0.2) is 47.2 Å². The molecular weight excluding hydrogens is 302 g/mol. The maximum absolute atomic E-state index is 5.46. The summed E-state index contributed by atoms with van der Waals surface area (Å²) in [6, 6.07) is 10.6. The van der Waals surface area contributed by atoms with E-state index in [-0.39, 0.29) is 0 Å². The van der Waals surface area contributed by atoms with Gasteiger partial charge in [-0.2, -0.15) is 10.1 Å². The Morgan fingerprint density at radius 1 is 1.25 bits per heavy atom. The van der Waals surface area contributed by atoms with E-state index < -0.39 is 0 Å². The van der Waals surface area contributed by atoms with Gasteiger partial charge in [0, 0.05) is 31.3 Å². The highest BCUT2D eigenvalue weighted by molar-refractivity contribution is 5.18. The molecule has 0 saturated carbocycles. The Labute approximate surface area is 141 Å². The fourth-order valence-electron chi connectivity index (χ4n) is 3.38. The van der Waals surface area contributed by atoms with Crippen molar-refractivity contribution >= 4 is 0 Å². The Morgan fingerprint density at radius 2 is 2.12 bits per heavy atom. The highest BCUT2D eigenvalue weighted by Crippen LogP contribution is 2.32. The van der Waals surface area contributed by atoms with Crippen LogP contribution in [0.25, 0.3) is 0 Å². The summed E-state index contributed by atoms with van der Waals surface area (Å²) in [5.74, 6) is 1.44. The van der Waals surface area contributed by atoms with Crippen molar-refractivity contribution in [3.63, 3.8) is 0 Å². The number of likely N-dealkylation sites (tertiary alicyclic amines) is 1. The molecule has 3 aromatic rings. The Hall–Kier alpha value is -2.47. The van der Waals surface area contributed by atoms with Crippen molar-refractivity contribution in [3.05, 3.63) is 65.6 Å². The van der Waals surface area contributed by atoms with Crippen LogP contribution in [0.1, 0.15) is 41.7 Å². The molecule has 1 saturated heterocycles. The van der Waals surface area contributed by atoms with E-state index in [9.17, 15) is 0 Å². The first-order chi connectivity index (χ1) is 11.8. The molecule has 4 rings (SSSR count). The zero-order valence-corrected chi connectivity index (χ0v) is 13.8. The average Bonchev–Trinajstić information content (AvgIpc) is 3.31. The maximum atomic E-state index is 5.46. The second kappa shape index (κ2) is 6.57. The largest absolute Gasteiger partial charge is 0.338 e. The van der Waals surface area contributed by atoms with Crippen molar-refractivity contribution in [3.8, 4) is 0 Å². The van der Waals surface area contributed by atoms with Crippen molar-refractivity contribution in [1.82, 2.24) is 24.8 Å². The minimum Gasteiger partial charge on any atom is -0.338 e. The van der Waals surface area contributed by atoms with Crippen LogP contribution in [-0.4, -0.2) is 31.4 Å². The molecule has 124 valence electrons. The van der Waals surface area contributed by atoms with Gasteiger partial charge in [0.1, 0.15) is 0 Å². The van der Waals surface area contributed by atoms with Crippen LogP contribution in [0, 0.1) is 0 Å². The van der Waals surface area contributed by atoms with Gasteiger partial charge in [-0.25, -0.2) is 0 Å². The molecule has 3 heterocycles. The SMILES string of the molecule is Cn1cc(C2CCCN2Cc2nc(Cc3ccccc3)no2)cn1. The van der Waals surface area contributed by atoms with E-state index in [2.05, 4.69) is 38.5 Å². The summed E-state index contributed by atoms with van der Waals surface area (Å²) < 4.78 is 7.32. The van der Waals surface area contributed by atoms with Crippen LogP contribution in [0.2, 0.25) is 0 Å². The normalized spacial score (nSPS) is 18.3. The number of benzene rings is 1. The lowest BCUT2D eigenvalue weighted by atomic mass is 10.1. The summed E-state index contributed by atoms with van der Waals surface area (Å²) in [4.78, 5) is 6.96. The van der Waals surface area contributed by atoms with E-state index in [1.54, 1.807) is 0 Å². The molecule has 1 atom stereocenters. The van der Waals surface area contributed by atoms with Crippen LogP contribution >= 0.6 is 0 Å². The molecule has 0 aliphatic carbocycles. The summed E-state index contributed by atoms with van der Waals surface area (Å²) in [6.07, 6.45) is 7.09. The van der Waals surface area contributed by atoms with Crippen LogP contribution in [0.4, 0.5) is 0 Å². The van der Waals surface area contributed by atoms with Crippen LogP contribution < -0.4 is 0 Å². The van der Waals surface area contributed by atoms with E-state index in [4.69, 9.17) is 4.52 Å². The van der Waals surface area contributed by atoms with Gasteiger partial charge in [0.15, 0.2) is 5.82 Å². The van der Waals surface area contributed by atoms with Gasteiger partial charge in [0.05, 0.1) is 12.7 Å². The highest BCUT2D eigenvalue weighted by atomic mass is 16.5. The van der Waals surface area contributed by atoms with E-state index in [1.165, 1.54) is 17.5 Å². The third kappa shape index (κ3) is 3.23.